The number of ether oxygens (including phenoxy) is 1. The molecule has 8 nitrogen and oxygen atoms in total. The summed E-state index contributed by atoms with van der Waals surface area (Å²) in [6.45, 7) is 1.25. The molecule has 0 bridgehead atoms. The SMILES string of the molecule is Cc1cc(C(=O)OCC(=O)N[C@@H](c2ccccc2)c2nccn2C)on1. The van der Waals surface area contributed by atoms with Crippen LogP contribution in [0.15, 0.2) is 53.3 Å². The first-order valence-electron chi connectivity index (χ1n) is 7.96. The van der Waals surface area contributed by atoms with E-state index in [1.54, 1.807) is 19.3 Å². The van der Waals surface area contributed by atoms with E-state index in [0.29, 0.717) is 11.5 Å². The Morgan fingerprint density at radius 3 is 2.69 bits per heavy atom. The third-order valence-corrected chi connectivity index (χ3v) is 3.72. The second-order valence-corrected chi connectivity index (χ2v) is 5.72. The number of aryl methyl sites for hydroxylation is 2. The molecule has 0 aliphatic rings. The fraction of sp³-hybridized carbons (Fsp3) is 0.222. The van der Waals surface area contributed by atoms with E-state index in [0.717, 1.165) is 5.56 Å². The smallest absolute Gasteiger partial charge is 0.377 e. The van der Waals surface area contributed by atoms with Crippen molar-refractivity contribution in [2.24, 2.45) is 7.05 Å². The zero-order chi connectivity index (χ0) is 18.5. The van der Waals surface area contributed by atoms with Gasteiger partial charge in [0.25, 0.3) is 5.91 Å². The first kappa shape index (κ1) is 17.4. The van der Waals surface area contributed by atoms with Gasteiger partial charge in [-0.1, -0.05) is 35.5 Å². The molecule has 26 heavy (non-hydrogen) atoms. The number of nitrogens with one attached hydrogen (secondary N) is 1. The largest absolute Gasteiger partial charge is 0.450 e. The molecular weight excluding hydrogens is 336 g/mol. The second-order valence-electron chi connectivity index (χ2n) is 5.72. The molecule has 3 rings (SSSR count). The quantitative estimate of drug-likeness (QED) is 0.678. The molecule has 1 atom stereocenters. The summed E-state index contributed by atoms with van der Waals surface area (Å²) in [5.41, 5.74) is 1.42. The summed E-state index contributed by atoms with van der Waals surface area (Å²) >= 11 is 0. The number of benzene rings is 1. The van der Waals surface area contributed by atoms with Gasteiger partial charge in [0, 0.05) is 25.5 Å². The number of carbonyl (C=O) groups excluding carboxylic acids is 2. The Morgan fingerprint density at radius 2 is 2.08 bits per heavy atom. The van der Waals surface area contributed by atoms with Crippen LogP contribution in [-0.4, -0.2) is 33.2 Å². The summed E-state index contributed by atoms with van der Waals surface area (Å²) in [5, 5.41) is 6.45. The zero-order valence-electron chi connectivity index (χ0n) is 14.4. The van der Waals surface area contributed by atoms with Gasteiger partial charge in [-0.15, -0.1) is 0 Å². The predicted molar refractivity (Wildman–Crippen MR) is 91.2 cm³/mol. The van der Waals surface area contributed by atoms with Gasteiger partial charge >= 0.3 is 5.97 Å². The summed E-state index contributed by atoms with van der Waals surface area (Å²) in [6.07, 6.45) is 3.45. The fourth-order valence-corrected chi connectivity index (χ4v) is 2.46. The van der Waals surface area contributed by atoms with Crippen molar-refractivity contribution in [1.29, 1.82) is 0 Å². The van der Waals surface area contributed by atoms with E-state index >= 15 is 0 Å². The number of carbonyl (C=O) groups is 2. The van der Waals surface area contributed by atoms with E-state index in [1.807, 2.05) is 41.9 Å². The number of esters is 1. The van der Waals surface area contributed by atoms with Crippen LogP contribution in [0.5, 0.6) is 0 Å². The molecule has 0 saturated heterocycles. The van der Waals surface area contributed by atoms with E-state index in [-0.39, 0.29) is 5.76 Å². The van der Waals surface area contributed by atoms with Crippen molar-refractivity contribution in [3.63, 3.8) is 0 Å². The lowest BCUT2D eigenvalue weighted by Crippen LogP contribution is -2.34. The third kappa shape index (κ3) is 3.97. The van der Waals surface area contributed by atoms with Crippen LogP contribution in [0.4, 0.5) is 0 Å². The van der Waals surface area contributed by atoms with Gasteiger partial charge in [-0.2, -0.15) is 0 Å². The Morgan fingerprint density at radius 1 is 1.31 bits per heavy atom. The van der Waals surface area contributed by atoms with Crippen LogP contribution in [0.25, 0.3) is 0 Å². The maximum atomic E-state index is 12.3. The molecule has 1 aromatic carbocycles. The van der Waals surface area contributed by atoms with Crippen molar-refractivity contribution in [2.75, 3.05) is 6.61 Å². The Kier molecular flexibility index (Phi) is 5.12. The fourth-order valence-electron chi connectivity index (χ4n) is 2.46. The molecule has 2 heterocycles. The Hall–Kier alpha value is -3.42. The number of amides is 1. The maximum Gasteiger partial charge on any atom is 0.377 e. The van der Waals surface area contributed by atoms with Crippen molar-refractivity contribution < 1.29 is 18.8 Å². The second kappa shape index (κ2) is 7.64. The number of rotatable bonds is 6. The monoisotopic (exact) mass is 354 g/mol. The summed E-state index contributed by atoms with van der Waals surface area (Å²) in [5.74, 6) is -0.568. The highest BCUT2D eigenvalue weighted by atomic mass is 16.6. The van der Waals surface area contributed by atoms with Crippen LogP contribution < -0.4 is 5.32 Å². The molecule has 0 aliphatic carbocycles. The topological polar surface area (TPSA) is 99.2 Å². The molecule has 2 aromatic heterocycles. The minimum absolute atomic E-state index is 0.0426. The van der Waals surface area contributed by atoms with Gasteiger partial charge in [0.15, 0.2) is 6.61 Å². The first-order valence-corrected chi connectivity index (χ1v) is 7.96. The van der Waals surface area contributed by atoms with Crippen molar-refractivity contribution in [3.05, 3.63) is 71.6 Å². The number of hydrogen-bond donors (Lipinski definition) is 1. The molecule has 0 aliphatic heterocycles. The number of aromatic nitrogens is 3. The zero-order valence-corrected chi connectivity index (χ0v) is 14.4. The van der Waals surface area contributed by atoms with E-state index in [1.165, 1.54) is 6.07 Å². The van der Waals surface area contributed by atoms with Crippen molar-refractivity contribution in [1.82, 2.24) is 20.0 Å². The van der Waals surface area contributed by atoms with Crippen LogP contribution in [0.1, 0.15) is 33.7 Å². The van der Waals surface area contributed by atoms with E-state index in [2.05, 4.69) is 15.5 Å². The van der Waals surface area contributed by atoms with Crippen LogP contribution in [0, 0.1) is 6.92 Å². The van der Waals surface area contributed by atoms with Gasteiger partial charge in [-0.05, 0) is 12.5 Å². The molecule has 1 amide bonds. The lowest BCUT2D eigenvalue weighted by Gasteiger charge is -2.19. The lowest BCUT2D eigenvalue weighted by atomic mass is 10.1. The summed E-state index contributed by atoms with van der Waals surface area (Å²) in [4.78, 5) is 28.5. The standard InChI is InChI=1S/C18H18N4O4/c1-12-10-14(26-21-12)18(24)25-11-15(23)20-16(13-6-4-3-5-7-13)17-19-8-9-22(17)2/h3-10,16H,11H2,1-2H3,(H,20,23)/t16-/m0/s1. The van der Waals surface area contributed by atoms with Crippen molar-refractivity contribution in [3.8, 4) is 0 Å². The molecule has 0 unspecified atom stereocenters. The molecule has 1 N–H and O–H groups in total. The molecule has 134 valence electrons. The number of hydrogen-bond acceptors (Lipinski definition) is 6. The molecule has 0 fully saturated rings. The number of imidazole rings is 1. The van der Waals surface area contributed by atoms with Gasteiger partial charge < -0.3 is 19.1 Å². The molecular formula is C18H18N4O4. The van der Waals surface area contributed by atoms with Crippen molar-refractivity contribution in [2.45, 2.75) is 13.0 Å². The molecule has 8 heteroatoms. The van der Waals surface area contributed by atoms with Gasteiger partial charge in [0.05, 0.1) is 5.69 Å². The van der Waals surface area contributed by atoms with Gasteiger partial charge in [-0.25, -0.2) is 9.78 Å². The summed E-state index contributed by atoms with van der Waals surface area (Å²) < 4.78 is 11.6. The van der Waals surface area contributed by atoms with Gasteiger partial charge in [-0.3, -0.25) is 4.79 Å². The molecule has 0 spiro atoms. The van der Waals surface area contributed by atoms with Gasteiger partial charge in [0.2, 0.25) is 5.76 Å². The van der Waals surface area contributed by atoms with Crippen LogP contribution >= 0.6 is 0 Å². The average molecular weight is 354 g/mol. The maximum absolute atomic E-state index is 12.3. The van der Waals surface area contributed by atoms with Crippen molar-refractivity contribution >= 4 is 11.9 Å². The predicted octanol–water partition coefficient (Wildman–Crippen LogP) is 1.78. The third-order valence-electron chi connectivity index (χ3n) is 3.72. The van der Waals surface area contributed by atoms with Gasteiger partial charge in [0.1, 0.15) is 11.9 Å². The highest BCUT2D eigenvalue weighted by Crippen LogP contribution is 2.20. The molecule has 0 radical (unpaired) electrons. The van der Waals surface area contributed by atoms with Crippen LogP contribution in [-0.2, 0) is 16.6 Å². The first-order chi connectivity index (χ1) is 12.5. The summed E-state index contributed by atoms with van der Waals surface area (Å²) in [7, 11) is 1.84. The normalized spacial score (nSPS) is 11.8. The Bertz CT molecular complexity index is 901. The highest BCUT2D eigenvalue weighted by Gasteiger charge is 2.22. The lowest BCUT2D eigenvalue weighted by molar-refractivity contribution is -0.124. The molecule has 0 saturated carbocycles. The highest BCUT2D eigenvalue weighted by molar-refractivity contribution is 5.88. The van der Waals surface area contributed by atoms with Crippen LogP contribution in [0.3, 0.4) is 0 Å². The van der Waals surface area contributed by atoms with Crippen LogP contribution in [0.2, 0.25) is 0 Å². The Balaban J connectivity index is 1.68. The molecule has 3 aromatic rings. The Labute approximate surface area is 149 Å². The minimum Gasteiger partial charge on any atom is -0.450 e. The summed E-state index contributed by atoms with van der Waals surface area (Å²) in [6, 6.07) is 10.4. The van der Waals surface area contributed by atoms with E-state index < -0.39 is 24.5 Å². The number of nitrogens with zero attached hydrogens (tertiary/aromatic N) is 3. The van der Waals surface area contributed by atoms with E-state index in [9.17, 15) is 9.59 Å². The van der Waals surface area contributed by atoms with E-state index in [4.69, 9.17) is 9.26 Å². The minimum atomic E-state index is -0.742. The average Bonchev–Trinajstić information content (AvgIpc) is 3.27.